The van der Waals surface area contributed by atoms with E-state index in [0.29, 0.717) is 16.2 Å². The van der Waals surface area contributed by atoms with Crippen molar-refractivity contribution in [2.24, 2.45) is 5.14 Å². The van der Waals surface area contributed by atoms with Crippen LogP contribution in [0.1, 0.15) is 0 Å². The molecule has 0 amide bonds. The van der Waals surface area contributed by atoms with Crippen molar-refractivity contribution in [2.75, 3.05) is 0 Å². The number of halogens is 1. The van der Waals surface area contributed by atoms with E-state index in [4.69, 9.17) is 5.14 Å². The number of hydrogen-bond donors (Lipinski definition) is 1. The first-order valence-electron chi connectivity index (χ1n) is 5.09. The molecule has 1 aromatic carbocycles. The Hall–Kier alpha value is -1.84. The number of nitrogens with two attached hydrogens (primary N) is 1. The molecule has 0 bridgehead atoms. The number of imidazole rings is 1. The molecular formula is C10H7FN4O2S2. The van der Waals surface area contributed by atoms with Gasteiger partial charge in [-0.1, -0.05) is 23.5 Å². The fraction of sp³-hybridized carbons (Fsp3) is 0. The Labute approximate surface area is 111 Å². The van der Waals surface area contributed by atoms with Crippen molar-refractivity contribution >= 4 is 26.3 Å². The highest BCUT2D eigenvalue weighted by Gasteiger charge is 2.19. The first-order valence-corrected chi connectivity index (χ1v) is 7.45. The van der Waals surface area contributed by atoms with Gasteiger partial charge in [0.15, 0.2) is 0 Å². The second-order valence-electron chi connectivity index (χ2n) is 3.73. The van der Waals surface area contributed by atoms with Gasteiger partial charge in [0.1, 0.15) is 5.82 Å². The van der Waals surface area contributed by atoms with Gasteiger partial charge < -0.3 is 0 Å². The average molecular weight is 298 g/mol. The smallest absolute Gasteiger partial charge is 0.225 e. The van der Waals surface area contributed by atoms with Crippen LogP contribution in [0, 0.1) is 5.82 Å². The van der Waals surface area contributed by atoms with Gasteiger partial charge in [-0.05, 0) is 12.1 Å². The largest absolute Gasteiger partial charge is 0.267 e. The van der Waals surface area contributed by atoms with Crippen LogP contribution in [0.2, 0.25) is 0 Å². The van der Waals surface area contributed by atoms with Gasteiger partial charge in [0.05, 0.1) is 11.9 Å². The maximum absolute atomic E-state index is 13.7. The Kier molecular flexibility index (Phi) is 2.62. The lowest BCUT2D eigenvalue weighted by Crippen LogP contribution is -2.12. The van der Waals surface area contributed by atoms with Crippen LogP contribution in [0.15, 0.2) is 34.8 Å². The Bertz CT molecular complexity index is 869. The molecule has 2 N–H and O–H groups in total. The van der Waals surface area contributed by atoms with Gasteiger partial charge in [-0.3, -0.25) is 0 Å². The van der Waals surface area contributed by atoms with Crippen molar-refractivity contribution in [1.29, 1.82) is 0 Å². The van der Waals surface area contributed by atoms with E-state index < -0.39 is 15.8 Å². The highest BCUT2D eigenvalue weighted by molar-refractivity contribution is 7.91. The highest BCUT2D eigenvalue weighted by Crippen LogP contribution is 2.26. The molecule has 3 rings (SSSR count). The first kappa shape index (κ1) is 12.2. The monoisotopic (exact) mass is 298 g/mol. The van der Waals surface area contributed by atoms with E-state index in [0.717, 1.165) is 11.3 Å². The molecule has 0 fully saturated rings. The maximum Gasteiger partial charge on any atom is 0.267 e. The summed E-state index contributed by atoms with van der Waals surface area (Å²) in [6.07, 6.45) is 1.43. The maximum atomic E-state index is 13.7. The number of benzene rings is 1. The Balaban J connectivity index is 2.26. The molecular weight excluding hydrogens is 291 g/mol. The van der Waals surface area contributed by atoms with Crippen LogP contribution in [-0.4, -0.2) is 23.0 Å². The predicted octanol–water partition coefficient (Wildman–Crippen LogP) is 1.24. The lowest BCUT2D eigenvalue weighted by Gasteiger charge is -1.99. The van der Waals surface area contributed by atoms with Crippen molar-refractivity contribution in [1.82, 2.24) is 14.6 Å². The predicted molar refractivity (Wildman–Crippen MR) is 67.6 cm³/mol. The van der Waals surface area contributed by atoms with Crippen molar-refractivity contribution in [3.05, 3.63) is 36.3 Å². The molecule has 0 saturated carbocycles. The topological polar surface area (TPSA) is 90.4 Å². The van der Waals surface area contributed by atoms with E-state index in [1.807, 2.05) is 0 Å². The molecule has 0 unspecified atom stereocenters. The molecule has 0 atom stereocenters. The lowest BCUT2D eigenvalue weighted by molar-refractivity contribution is 0.595. The third-order valence-electron chi connectivity index (χ3n) is 2.46. The summed E-state index contributed by atoms with van der Waals surface area (Å²) in [7, 11) is -3.89. The number of rotatable bonds is 2. The van der Waals surface area contributed by atoms with Crippen LogP contribution >= 0.6 is 11.3 Å². The lowest BCUT2D eigenvalue weighted by atomic mass is 10.1. The number of nitrogens with zero attached hydrogens (tertiary/aromatic N) is 3. The Morgan fingerprint density at radius 2 is 2.05 bits per heavy atom. The summed E-state index contributed by atoms with van der Waals surface area (Å²) in [5.41, 5.74) is 0.667. The summed E-state index contributed by atoms with van der Waals surface area (Å²) in [5.74, 6) is -0.436. The molecule has 6 nitrogen and oxygen atoms in total. The van der Waals surface area contributed by atoms with E-state index in [1.54, 1.807) is 18.2 Å². The average Bonchev–Trinajstić information content (AvgIpc) is 2.88. The third kappa shape index (κ3) is 2.01. The van der Waals surface area contributed by atoms with Crippen LogP contribution in [0.3, 0.4) is 0 Å². The third-order valence-corrected chi connectivity index (χ3v) is 4.69. The molecule has 19 heavy (non-hydrogen) atoms. The van der Waals surface area contributed by atoms with Crippen LogP contribution in [0.4, 0.5) is 4.39 Å². The molecule has 2 aromatic heterocycles. The molecule has 9 heteroatoms. The number of primary sulfonamides is 1. The van der Waals surface area contributed by atoms with Gasteiger partial charge in [0.2, 0.25) is 9.30 Å². The number of fused-ring (bicyclic) bond motifs is 1. The minimum Gasteiger partial charge on any atom is -0.225 e. The van der Waals surface area contributed by atoms with Gasteiger partial charge in [0, 0.05) is 5.56 Å². The zero-order chi connectivity index (χ0) is 13.6. The van der Waals surface area contributed by atoms with E-state index in [9.17, 15) is 12.8 Å². The first-order chi connectivity index (χ1) is 8.97. The minimum absolute atomic E-state index is 0.256. The molecule has 0 aliphatic carbocycles. The van der Waals surface area contributed by atoms with Crippen molar-refractivity contribution in [3.63, 3.8) is 0 Å². The van der Waals surface area contributed by atoms with Gasteiger partial charge in [-0.2, -0.15) is 0 Å². The summed E-state index contributed by atoms with van der Waals surface area (Å²) in [5, 5.41) is 8.86. The zero-order valence-corrected chi connectivity index (χ0v) is 10.9. The van der Waals surface area contributed by atoms with E-state index in [-0.39, 0.29) is 4.34 Å². The summed E-state index contributed by atoms with van der Waals surface area (Å²) in [6, 6.07) is 6.11. The van der Waals surface area contributed by atoms with E-state index in [2.05, 4.69) is 10.1 Å². The molecule has 0 radical (unpaired) electrons. The van der Waals surface area contributed by atoms with Gasteiger partial charge in [-0.15, -0.1) is 5.10 Å². The fourth-order valence-electron chi connectivity index (χ4n) is 1.64. The number of hydrogen-bond acceptors (Lipinski definition) is 5. The molecule has 0 aliphatic heterocycles. The molecule has 0 spiro atoms. The summed E-state index contributed by atoms with van der Waals surface area (Å²) in [4.78, 5) is 4.34. The quantitative estimate of drug-likeness (QED) is 0.770. The van der Waals surface area contributed by atoms with Gasteiger partial charge >= 0.3 is 0 Å². The fourth-order valence-corrected chi connectivity index (χ4v) is 3.14. The zero-order valence-electron chi connectivity index (χ0n) is 9.32. The summed E-state index contributed by atoms with van der Waals surface area (Å²) in [6.45, 7) is 0. The van der Waals surface area contributed by atoms with Crippen LogP contribution in [-0.2, 0) is 10.0 Å². The van der Waals surface area contributed by atoms with Crippen LogP contribution in [0.25, 0.3) is 16.2 Å². The molecule has 98 valence electrons. The minimum atomic E-state index is -3.89. The normalized spacial score (nSPS) is 12.1. The second kappa shape index (κ2) is 4.08. The highest BCUT2D eigenvalue weighted by atomic mass is 32.2. The summed E-state index contributed by atoms with van der Waals surface area (Å²) < 4.78 is 37.2. The molecule has 3 aromatic rings. The number of sulfonamides is 1. The van der Waals surface area contributed by atoms with Gasteiger partial charge in [0.25, 0.3) is 10.0 Å². The van der Waals surface area contributed by atoms with Gasteiger partial charge in [-0.25, -0.2) is 27.4 Å². The molecule has 2 heterocycles. The van der Waals surface area contributed by atoms with Crippen molar-refractivity contribution in [2.45, 2.75) is 4.34 Å². The standard InChI is InChI=1S/C10H7FN4O2S2/c11-7-4-2-1-3-6(7)8-5-13-9-15(8)14-10(18-9)19(12,16)17/h1-5H,(H2,12,16,17). The summed E-state index contributed by atoms with van der Waals surface area (Å²) >= 11 is 0.831. The Morgan fingerprint density at radius 3 is 2.74 bits per heavy atom. The number of aromatic nitrogens is 3. The van der Waals surface area contributed by atoms with Crippen LogP contribution < -0.4 is 5.14 Å². The van der Waals surface area contributed by atoms with E-state index in [1.165, 1.54) is 16.8 Å². The van der Waals surface area contributed by atoms with Crippen molar-refractivity contribution in [3.8, 4) is 11.3 Å². The Morgan fingerprint density at radius 1 is 1.32 bits per heavy atom. The second-order valence-corrected chi connectivity index (χ2v) is 6.42. The van der Waals surface area contributed by atoms with Crippen molar-refractivity contribution < 1.29 is 12.8 Å². The van der Waals surface area contributed by atoms with Crippen LogP contribution in [0.5, 0.6) is 0 Å². The van der Waals surface area contributed by atoms with E-state index >= 15 is 0 Å². The molecule has 0 aliphatic rings. The molecule has 0 saturated heterocycles. The SMILES string of the molecule is NS(=O)(=O)c1nn2c(-c3ccccc3F)cnc2s1.